The number of likely N-dealkylation sites (tertiary alicyclic amines) is 1. The molecule has 1 aliphatic heterocycles. The first-order chi connectivity index (χ1) is 13.6. The molecule has 2 aromatic rings. The number of nitrogens with zero attached hydrogens (tertiary/aromatic N) is 1. The van der Waals surface area contributed by atoms with Gasteiger partial charge in [-0.2, -0.15) is 0 Å². The van der Waals surface area contributed by atoms with Crippen LogP contribution in [0.3, 0.4) is 0 Å². The molecule has 0 saturated carbocycles. The maximum atomic E-state index is 12.4. The quantitative estimate of drug-likeness (QED) is 0.747. The minimum atomic E-state index is -0.0867. The molecule has 1 aliphatic rings. The van der Waals surface area contributed by atoms with Gasteiger partial charge in [-0.05, 0) is 48.6 Å². The van der Waals surface area contributed by atoms with Gasteiger partial charge >= 0.3 is 0 Å². The second-order valence-electron chi connectivity index (χ2n) is 7.03. The Bertz CT molecular complexity index is 810. The van der Waals surface area contributed by atoms with E-state index in [4.69, 9.17) is 11.6 Å². The zero-order valence-electron chi connectivity index (χ0n) is 15.8. The summed E-state index contributed by atoms with van der Waals surface area (Å²) in [6, 6.07) is 17.5. The highest BCUT2D eigenvalue weighted by atomic mass is 35.5. The minimum absolute atomic E-state index is 0.0867. The number of nitrogens with one attached hydrogen (secondary N) is 1. The van der Waals surface area contributed by atoms with E-state index >= 15 is 0 Å². The average Bonchev–Trinajstić information content (AvgIpc) is 2.73. The maximum absolute atomic E-state index is 12.4. The van der Waals surface area contributed by atoms with Crippen LogP contribution in [0.15, 0.2) is 60.7 Å². The highest BCUT2D eigenvalue weighted by Gasteiger charge is 2.23. The van der Waals surface area contributed by atoms with Crippen LogP contribution < -0.4 is 5.32 Å². The lowest BCUT2D eigenvalue weighted by atomic mass is 10.0. The third kappa shape index (κ3) is 6.24. The third-order valence-electron chi connectivity index (χ3n) is 4.96. The van der Waals surface area contributed by atoms with Crippen LogP contribution in [0, 0.1) is 0 Å². The highest BCUT2D eigenvalue weighted by Crippen LogP contribution is 2.15. The number of piperidine rings is 1. The van der Waals surface area contributed by atoms with E-state index in [9.17, 15) is 9.59 Å². The van der Waals surface area contributed by atoms with E-state index in [1.807, 2.05) is 65.6 Å². The van der Waals surface area contributed by atoms with Gasteiger partial charge in [0.05, 0.1) is 0 Å². The van der Waals surface area contributed by atoms with E-state index in [1.54, 1.807) is 6.08 Å². The van der Waals surface area contributed by atoms with Gasteiger partial charge in [-0.25, -0.2) is 0 Å². The van der Waals surface area contributed by atoms with Crippen LogP contribution in [0.25, 0.3) is 6.08 Å². The number of benzene rings is 2. The molecule has 2 amide bonds. The number of amides is 2. The molecule has 28 heavy (non-hydrogen) atoms. The number of carbonyl (C=O) groups excluding carboxylic acids is 2. The zero-order valence-corrected chi connectivity index (χ0v) is 16.6. The Kier molecular flexibility index (Phi) is 7.26. The predicted molar refractivity (Wildman–Crippen MR) is 113 cm³/mol. The van der Waals surface area contributed by atoms with E-state index < -0.39 is 0 Å². The number of aryl methyl sites for hydroxylation is 1. The topological polar surface area (TPSA) is 49.4 Å². The van der Waals surface area contributed by atoms with Crippen molar-refractivity contribution in [1.82, 2.24) is 10.2 Å². The van der Waals surface area contributed by atoms with Gasteiger partial charge in [-0.3, -0.25) is 9.59 Å². The first-order valence-electron chi connectivity index (χ1n) is 9.66. The van der Waals surface area contributed by atoms with Crippen molar-refractivity contribution in [3.63, 3.8) is 0 Å². The third-order valence-corrected chi connectivity index (χ3v) is 5.21. The molecular weight excluding hydrogens is 372 g/mol. The van der Waals surface area contributed by atoms with Gasteiger partial charge in [0.1, 0.15) is 0 Å². The molecule has 0 atom stereocenters. The molecule has 4 nitrogen and oxygen atoms in total. The van der Waals surface area contributed by atoms with Crippen molar-refractivity contribution in [2.75, 3.05) is 13.1 Å². The van der Waals surface area contributed by atoms with Gasteiger partial charge in [-0.15, -0.1) is 0 Å². The fourth-order valence-electron chi connectivity index (χ4n) is 3.32. The van der Waals surface area contributed by atoms with Gasteiger partial charge < -0.3 is 10.2 Å². The lowest BCUT2D eigenvalue weighted by Crippen LogP contribution is -2.46. The van der Waals surface area contributed by atoms with Crippen molar-refractivity contribution < 1.29 is 9.59 Å². The summed E-state index contributed by atoms with van der Waals surface area (Å²) in [5.41, 5.74) is 2.11. The highest BCUT2D eigenvalue weighted by molar-refractivity contribution is 6.30. The smallest absolute Gasteiger partial charge is 0.244 e. The Morgan fingerprint density at radius 3 is 2.39 bits per heavy atom. The van der Waals surface area contributed by atoms with E-state index in [-0.39, 0.29) is 17.9 Å². The van der Waals surface area contributed by atoms with Crippen LogP contribution in [0.5, 0.6) is 0 Å². The molecule has 1 N–H and O–H groups in total. The van der Waals surface area contributed by atoms with Crippen LogP contribution in [-0.4, -0.2) is 35.8 Å². The van der Waals surface area contributed by atoms with Gasteiger partial charge in [-0.1, -0.05) is 54.1 Å². The van der Waals surface area contributed by atoms with Crippen molar-refractivity contribution >= 4 is 29.5 Å². The number of hydrogen-bond acceptors (Lipinski definition) is 2. The summed E-state index contributed by atoms with van der Waals surface area (Å²) in [5.74, 6) is 0.0834. The van der Waals surface area contributed by atoms with E-state index in [2.05, 4.69) is 5.32 Å². The fourth-order valence-corrected chi connectivity index (χ4v) is 3.45. The average molecular weight is 397 g/mol. The summed E-state index contributed by atoms with van der Waals surface area (Å²) in [7, 11) is 0. The first-order valence-corrected chi connectivity index (χ1v) is 10.0. The van der Waals surface area contributed by atoms with Crippen molar-refractivity contribution in [3.05, 3.63) is 76.8 Å². The normalized spacial score (nSPS) is 15.0. The van der Waals surface area contributed by atoms with Gasteiger partial charge in [0, 0.05) is 36.7 Å². The monoisotopic (exact) mass is 396 g/mol. The van der Waals surface area contributed by atoms with E-state index in [0.29, 0.717) is 24.5 Å². The summed E-state index contributed by atoms with van der Waals surface area (Å²) in [4.78, 5) is 26.4. The molecule has 0 spiro atoms. The Morgan fingerprint density at radius 1 is 1.04 bits per heavy atom. The Balaban J connectivity index is 1.38. The summed E-state index contributed by atoms with van der Waals surface area (Å²) in [6.07, 6.45) is 6.17. The molecule has 146 valence electrons. The largest absolute Gasteiger partial charge is 0.350 e. The Labute approximate surface area is 171 Å². The van der Waals surface area contributed by atoms with Crippen LogP contribution in [0.1, 0.15) is 30.4 Å². The standard InChI is InChI=1S/C23H25ClN2O2/c24-20-10-6-19(7-11-20)9-13-23(28)26-16-14-21(15-17-26)25-22(27)12-8-18-4-2-1-3-5-18/h1-8,10-12,21H,9,13-17H2,(H,25,27)/b12-8+. The summed E-state index contributed by atoms with van der Waals surface area (Å²) < 4.78 is 0. The lowest BCUT2D eigenvalue weighted by molar-refractivity contribution is -0.132. The fraction of sp³-hybridized carbons (Fsp3) is 0.304. The van der Waals surface area contributed by atoms with Gasteiger partial charge in [0.25, 0.3) is 0 Å². The molecule has 1 fully saturated rings. The summed E-state index contributed by atoms with van der Waals surface area (Å²) in [5, 5.41) is 3.74. The molecule has 0 aliphatic carbocycles. The van der Waals surface area contributed by atoms with Crippen LogP contribution in [-0.2, 0) is 16.0 Å². The van der Waals surface area contributed by atoms with Crippen molar-refractivity contribution in [1.29, 1.82) is 0 Å². The molecule has 2 aromatic carbocycles. The molecule has 5 heteroatoms. The predicted octanol–water partition coefficient (Wildman–Crippen LogP) is 4.09. The van der Waals surface area contributed by atoms with Crippen LogP contribution in [0.2, 0.25) is 5.02 Å². The van der Waals surface area contributed by atoms with Crippen molar-refractivity contribution in [2.45, 2.75) is 31.7 Å². The second kappa shape index (κ2) is 10.1. The molecule has 0 aromatic heterocycles. The van der Waals surface area contributed by atoms with E-state index in [0.717, 1.165) is 30.4 Å². The SMILES string of the molecule is O=C(/C=C/c1ccccc1)NC1CCN(C(=O)CCc2ccc(Cl)cc2)CC1. The van der Waals surface area contributed by atoms with Gasteiger partial charge in [0.2, 0.25) is 11.8 Å². The molecule has 0 radical (unpaired) electrons. The molecule has 3 rings (SSSR count). The maximum Gasteiger partial charge on any atom is 0.244 e. The zero-order chi connectivity index (χ0) is 19.8. The number of rotatable bonds is 6. The first kappa shape index (κ1) is 20.2. The second-order valence-corrected chi connectivity index (χ2v) is 7.47. The van der Waals surface area contributed by atoms with Crippen LogP contribution in [0.4, 0.5) is 0 Å². The van der Waals surface area contributed by atoms with Crippen LogP contribution >= 0.6 is 11.6 Å². The van der Waals surface area contributed by atoms with E-state index in [1.165, 1.54) is 0 Å². The molecule has 0 unspecified atom stereocenters. The summed E-state index contributed by atoms with van der Waals surface area (Å²) in [6.45, 7) is 1.37. The molecule has 1 heterocycles. The molecular formula is C23H25ClN2O2. The molecule has 1 saturated heterocycles. The van der Waals surface area contributed by atoms with Crippen molar-refractivity contribution in [3.8, 4) is 0 Å². The Morgan fingerprint density at radius 2 is 1.71 bits per heavy atom. The van der Waals surface area contributed by atoms with Gasteiger partial charge in [0.15, 0.2) is 0 Å². The Hall–Kier alpha value is -2.59. The number of carbonyl (C=O) groups is 2. The number of halogens is 1. The number of hydrogen-bond donors (Lipinski definition) is 1. The minimum Gasteiger partial charge on any atom is -0.350 e. The lowest BCUT2D eigenvalue weighted by Gasteiger charge is -2.32. The summed E-state index contributed by atoms with van der Waals surface area (Å²) >= 11 is 5.89. The molecule has 0 bridgehead atoms. The van der Waals surface area contributed by atoms with Crippen molar-refractivity contribution in [2.24, 2.45) is 0 Å².